The molecule has 1 rings (SSSR count). The zero-order chi connectivity index (χ0) is 11.1. The largest absolute Gasteiger partial charge is 0.396 e. The normalized spacial score (nSPS) is 26.2. The van der Waals surface area contributed by atoms with Crippen LogP contribution in [0.2, 0.25) is 0 Å². The Labute approximate surface area is 91.2 Å². The molecule has 1 fully saturated rings. The molecule has 0 radical (unpaired) electrons. The summed E-state index contributed by atoms with van der Waals surface area (Å²) in [7, 11) is 0. The van der Waals surface area contributed by atoms with Crippen LogP contribution in [-0.4, -0.2) is 42.4 Å². The van der Waals surface area contributed by atoms with Crippen LogP contribution in [0.1, 0.15) is 32.6 Å². The summed E-state index contributed by atoms with van der Waals surface area (Å²) in [5.74, 6) is 0.000488. The van der Waals surface area contributed by atoms with E-state index in [0.29, 0.717) is 0 Å². The molecule has 2 N–H and O–H groups in total. The van der Waals surface area contributed by atoms with Gasteiger partial charge in [0.1, 0.15) is 0 Å². The summed E-state index contributed by atoms with van der Waals surface area (Å²) in [6.45, 7) is 2.71. The van der Waals surface area contributed by atoms with Gasteiger partial charge in [-0.15, -0.1) is 0 Å². The average molecular weight is 218 g/mol. The second kappa shape index (κ2) is 7.17. The van der Waals surface area contributed by atoms with Gasteiger partial charge >= 0.3 is 0 Å². The first-order valence-corrected chi connectivity index (χ1v) is 5.80. The predicted molar refractivity (Wildman–Crippen MR) is 56.4 cm³/mol. The minimum atomic E-state index is -0.303. The maximum absolute atomic E-state index is 9.20. The number of hydrogen-bond donors (Lipinski definition) is 2. The van der Waals surface area contributed by atoms with Gasteiger partial charge in [-0.2, -0.15) is 0 Å². The van der Waals surface area contributed by atoms with Gasteiger partial charge in [0.05, 0.1) is 12.7 Å². The van der Waals surface area contributed by atoms with Gasteiger partial charge in [-0.05, 0) is 25.7 Å². The molecule has 1 aliphatic heterocycles. The van der Waals surface area contributed by atoms with Crippen LogP contribution in [0.5, 0.6) is 0 Å². The quantitative estimate of drug-likeness (QED) is 0.695. The molecule has 4 nitrogen and oxygen atoms in total. The Balaban J connectivity index is 2.36. The van der Waals surface area contributed by atoms with Gasteiger partial charge in [-0.3, -0.25) is 0 Å². The fourth-order valence-corrected chi connectivity index (χ4v) is 1.83. The van der Waals surface area contributed by atoms with Crippen LogP contribution in [0.25, 0.3) is 0 Å². The van der Waals surface area contributed by atoms with E-state index in [0.717, 1.165) is 32.3 Å². The Hall–Kier alpha value is -0.160. The lowest BCUT2D eigenvalue weighted by molar-refractivity contribution is -0.208. The van der Waals surface area contributed by atoms with Crippen molar-refractivity contribution in [2.75, 3.05) is 19.8 Å². The second-order valence-corrected chi connectivity index (χ2v) is 4.00. The summed E-state index contributed by atoms with van der Waals surface area (Å²) in [4.78, 5) is 0. The van der Waals surface area contributed by atoms with E-state index in [4.69, 9.17) is 14.6 Å². The smallest absolute Gasteiger partial charge is 0.158 e. The first-order valence-electron chi connectivity index (χ1n) is 5.80. The van der Waals surface area contributed by atoms with E-state index in [1.165, 1.54) is 0 Å². The lowest BCUT2D eigenvalue weighted by atomic mass is 10.0. The molecule has 0 bridgehead atoms. The molecule has 2 unspecified atom stereocenters. The highest BCUT2D eigenvalue weighted by Crippen LogP contribution is 2.19. The molecular weight excluding hydrogens is 196 g/mol. The third kappa shape index (κ3) is 4.07. The van der Waals surface area contributed by atoms with Crippen molar-refractivity contribution in [3.63, 3.8) is 0 Å². The Morgan fingerprint density at radius 3 is 2.60 bits per heavy atom. The summed E-state index contributed by atoms with van der Waals surface area (Å²) in [5, 5.41) is 18.3. The number of rotatable bonds is 6. The molecule has 4 heteroatoms. The lowest BCUT2D eigenvalue weighted by Crippen LogP contribution is -2.36. The molecule has 0 amide bonds. The van der Waals surface area contributed by atoms with Crippen LogP contribution in [-0.2, 0) is 9.47 Å². The highest BCUT2D eigenvalue weighted by atomic mass is 16.7. The Kier molecular flexibility index (Phi) is 6.17. The second-order valence-electron chi connectivity index (χ2n) is 4.00. The van der Waals surface area contributed by atoms with Crippen LogP contribution in [0.4, 0.5) is 0 Å². The summed E-state index contributed by atoms with van der Waals surface area (Å²) in [5.41, 5.74) is 0. The summed E-state index contributed by atoms with van der Waals surface area (Å²) >= 11 is 0. The van der Waals surface area contributed by atoms with Crippen LogP contribution < -0.4 is 0 Å². The fraction of sp³-hybridized carbons (Fsp3) is 1.00. The van der Waals surface area contributed by atoms with Gasteiger partial charge in [-0.1, -0.05) is 6.92 Å². The van der Waals surface area contributed by atoms with E-state index < -0.39 is 0 Å². The third-order valence-corrected chi connectivity index (χ3v) is 2.93. The van der Waals surface area contributed by atoms with Crippen molar-refractivity contribution in [1.29, 1.82) is 0 Å². The standard InChI is InChI=1S/C11H22O4/c1-2-9(7-12)10(8-13)15-11-5-3-4-6-14-11/h9-13H,2-8H2,1H3/t9?,10-,11?/m1/s1. The highest BCUT2D eigenvalue weighted by molar-refractivity contribution is 4.69. The van der Waals surface area contributed by atoms with Crippen molar-refractivity contribution >= 4 is 0 Å². The maximum atomic E-state index is 9.20. The summed E-state index contributed by atoms with van der Waals surface area (Å²) < 4.78 is 11.1. The minimum absolute atomic E-state index is 0.000488. The van der Waals surface area contributed by atoms with E-state index >= 15 is 0 Å². The molecule has 90 valence electrons. The molecule has 1 heterocycles. The van der Waals surface area contributed by atoms with E-state index in [-0.39, 0.29) is 31.5 Å². The van der Waals surface area contributed by atoms with Crippen molar-refractivity contribution in [1.82, 2.24) is 0 Å². The molecule has 1 saturated heterocycles. The molecule has 0 aliphatic carbocycles. The van der Waals surface area contributed by atoms with E-state index in [1.807, 2.05) is 6.92 Å². The monoisotopic (exact) mass is 218 g/mol. The zero-order valence-corrected chi connectivity index (χ0v) is 9.39. The Morgan fingerprint density at radius 2 is 2.13 bits per heavy atom. The summed E-state index contributed by atoms with van der Waals surface area (Å²) in [6, 6.07) is 0. The number of hydrogen-bond acceptors (Lipinski definition) is 4. The SMILES string of the molecule is CCC(CO)[C@@H](CO)OC1CCCCO1. The molecule has 0 aromatic rings. The van der Waals surface area contributed by atoms with Crippen LogP contribution in [0, 0.1) is 5.92 Å². The van der Waals surface area contributed by atoms with Gasteiger partial charge in [0.15, 0.2) is 6.29 Å². The molecular formula is C11H22O4. The van der Waals surface area contributed by atoms with Crippen molar-refractivity contribution in [2.24, 2.45) is 5.92 Å². The van der Waals surface area contributed by atoms with E-state index in [2.05, 4.69) is 0 Å². The fourth-order valence-electron chi connectivity index (χ4n) is 1.83. The third-order valence-electron chi connectivity index (χ3n) is 2.93. The van der Waals surface area contributed by atoms with Gasteiger partial charge < -0.3 is 19.7 Å². The first-order chi connectivity index (χ1) is 7.31. The van der Waals surface area contributed by atoms with Crippen LogP contribution >= 0.6 is 0 Å². The van der Waals surface area contributed by atoms with Gasteiger partial charge in [0.2, 0.25) is 0 Å². The highest BCUT2D eigenvalue weighted by Gasteiger charge is 2.24. The molecule has 3 atom stereocenters. The van der Waals surface area contributed by atoms with Crippen molar-refractivity contribution in [3.8, 4) is 0 Å². The van der Waals surface area contributed by atoms with Gasteiger partial charge in [-0.25, -0.2) is 0 Å². The van der Waals surface area contributed by atoms with E-state index in [9.17, 15) is 5.11 Å². The lowest BCUT2D eigenvalue weighted by Gasteiger charge is -2.30. The number of aliphatic hydroxyl groups is 2. The summed E-state index contributed by atoms with van der Waals surface area (Å²) in [6.07, 6.45) is 3.38. The number of aliphatic hydroxyl groups excluding tert-OH is 2. The maximum Gasteiger partial charge on any atom is 0.158 e. The van der Waals surface area contributed by atoms with Crippen molar-refractivity contribution in [3.05, 3.63) is 0 Å². The van der Waals surface area contributed by atoms with Gasteiger partial charge in [0.25, 0.3) is 0 Å². The zero-order valence-electron chi connectivity index (χ0n) is 9.39. The predicted octanol–water partition coefficient (Wildman–Crippen LogP) is 0.909. The van der Waals surface area contributed by atoms with Crippen molar-refractivity contribution in [2.45, 2.75) is 45.0 Å². The molecule has 0 saturated carbocycles. The first kappa shape index (κ1) is 12.9. The Bertz CT molecular complexity index is 153. The minimum Gasteiger partial charge on any atom is -0.396 e. The average Bonchev–Trinajstić information content (AvgIpc) is 2.30. The number of ether oxygens (including phenoxy) is 2. The van der Waals surface area contributed by atoms with E-state index in [1.54, 1.807) is 0 Å². The topological polar surface area (TPSA) is 58.9 Å². The molecule has 15 heavy (non-hydrogen) atoms. The van der Waals surface area contributed by atoms with Gasteiger partial charge in [0, 0.05) is 19.1 Å². The molecule has 0 aromatic carbocycles. The molecule has 0 spiro atoms. The van der Waals surface area contributed by atoms with Crippen LogP contribution in [0.3, 0.4) is 0 Å². The van der Waals surface area contributed by atoms with Crippen molar-refractivity contribution < 1.29 is 19.7 Å². The Morgan fingerprint density at radius 1 is 1.33 bits per heavy atom. The molecule has 0 aromatic heterocycles. The van der Waals surface area contributed by atoms with Crippen LogP contribution in [0.15, 0.2) is 0 Å². The molecule has 1 aliphatic rings.